The summed E-state index contributed by atoms with van der Waals surface area (Å²) in [5, 5.41) is 8.15. The van der Waals surface area contributed by atoms with Gasteiger partial charge < -0.3 is 10.1 Å². The van der Waals surface area contributed by atoms with E-state index in [-0.39, 0.29) is 17.6 Å². The third kappa shape index (κ3) is 3.36. The Morgan fingerprint density at radius 3 is 3.00 bits per heavy atom. The smallest absolute Gasteiger partial charge is 0.267 e. The third-order valence-corrected chi connectivity index (χ3v) is 6.78. The van der Waals surface area contributed by atoms with Crippen LogP contribution in [0, 0.1) is 0 Å². The molecule has 0 spiro atoms. The molecule has 2 aliphatic heterocycles. The number of anilines is 1. The second-order valence-electron chi connectivity index (χ2n) is 7.51. The number of thioether (sulfide) groups is 1. The molecule has 1 saturated carbocycles. The maximum Gasteiger partial charge on any atom is 0.267 e. The second kappa shape index (κ2) is 7.24. The highest BCUT2D eigenvalue weighted by molar-refractivity contribution is 7.98. The van der Waals surface area contributed by atoms with Crippen LogP contribution in [-0.4, -0.2) is 44.8 Å². The number of hydrogen-bond donors (Lipinski definition) is 1. The minimum atomic E-state index is -0.125. The molecule has 1 N–H and O–H groups in total. The van der Waals surface area contributed by atoms with Crippen molar-refractivity contribution in [2.45, 2.75) is 49.4 Å². The molecular weight excluding hydrogens is 362 g/mol. The van der Waals surface area contributed by atoms with Gasteiger partial charge in [-0.25, -0.2) is 14.6 Å². The van der Waals surface area contributed by atoms with E-state index >= 15 is 0 Å². The van der Waals surface area contributed by atoms with Crippen molar-refractivity contribution >= 4 is 17.6 Å². The summed E-state index contributed by atoms with van der Waals surface area (Å²) in [4.78, 5) is 21.4. The number of aryl methyl sites for hydroxylation is 1. The van der Waals surface area contributed by atoms with Gasteiger partial charge in [-0.15, -0.1) is 0 Å². The molecule has 8 heteroatoms. The second-order valence-corrected chi connectivity index (χ2v) is 8.62. The van der Waals surface area contributed by atoms with Gasteiger partial charge in [0.2, 0.25) is 0 Å². The fraction of sp³-hybridized carbons (Fsp3) is 0.579. The number of hydrogen-bond acceptors (Lipinski definition) is 7. The van der Waals surface area contributed by atoms with E-state index in [1.54, 1.807) is 17.1 Å². The maximum atomic E-state index is 12.6. The Hall–Kier alpha value is -1.93. The van der Waals surface area contributed by atoms with Crippen LogP contribution in [0.15, 0.2) is 23.3 Å². The van der Waals surface area contributed by atoms with Gasteiger partial charge in [-0.2, -0.15) is 16.9 Å². The Kier molecular flexibility index (Phi) is 4.61. The summed E-state index contributed by atoms with van der Waals surface area (Å²) < 4.78 is 7.31. The Balaban J connectivity index is 1.39. The van der Waals surface area contributed by atoms with Crippen molar-refractivity contribution in [3.63, 3.8) is 0 Å². The van der Waals surface area contributed by atoms with Crippen molar-refractivity contribution in [3.05, 3.63) is 45.8 Å². The molecule has 2 atom stereocenters. The van der Waals surface area contributed by atoms with E-state index in [1.807, 2.05) is 17.8 Å². The van der Waals surface area contributed by atoms with Gasteiger partial charge in [-0.3, -0.25) is 4.79 Å². The van der Waals surface area contributed by atoms with Crippen molar-refractivity contribution in [3.8, 4) is 0 Å². The summed E-state index contributed by atoms with van der Waals surface area (Å²) in [6, 6.07) is 3.64. The predicted octanol–water partition coefficient (Wildman–Crippen LogP) is 2.14. The molecule has 1 aliphatic carbocycles. The van der Waals surface area contributed by atoms with Gasteiger partial charge in [0.05, 0.1) is 24.9 Å². The highest BCUT2D eigenvalue weighted by Gasteiger charge is 2.32. The highest BCUT2D eigenvalue weighted by atomic mass is 32.2. The van der Waals surface area contributed by atoms with Crippen molar-refractivity contribution in [2.24, 2.45) is 0 Å². The number of nitrogens with one attached hydrogen (secondary N) is 1. The molecule has 0 radical (unpaired) electrons. The highest BCUT2D eigenvalue weighted by Crippen LogP contribution is 2.35. The Morgan fingerprint density at radius 2 is 2.15 bits per heavy atom. The fourth-order valence-electron chi connectivity index (χ4n) is 3.96. The van der Waals surface area contributed by atoms with Gasteiger partial charge in [-0.05, 0) is 24.2 Å². The zero-order chi connectivity index (χ0) is 18.2. The minimum Gasteiger partial charge on any atom is -0.377 e. The molecule has 2 aromatic rings. The zero-order valence-electron chi connectivity index (χ0n) is 15.1. The lowest BCUT2D eigenvalue weighted by Gasteiger charge is -2.26. The predicted molar refractivity (Wildman–Crippen MR) is 104 cm³/mol. The molecule has 0 bridgehead atoms. The average molecular weight is 385 g/mol. The lowest BCUT2D eigenvalue weighted by atomic mass is 9.83. The van der Waals surface area contributed by atoms with E-state index in [4.69, 9.17) is 9.84 Å². The summed E-state index contributed by atoms with van der Waals surface area (Å²) in [6.45, 7) is 1.02. The molecule has 142 valence electrons. The summed E-state index contributed by atoms with van der Waals surface area (Å²) in [6.07, 6.45) is 6.24. The first-order valence-electron chi connectivity index (χ1n) is 9.63. The minimum absolute atomic E-state index is 0.0321. The molecule has 2 unspecified atom stereocenters. The monoisotopic (exact) mass is 385 g/mol. The van der Waals surface area contributed by atoms with Crippen molar-refractivity contribution < 1.29 is 4.74 Å². The van der Waals surface area contributed by atoms with Crippen LogP contribution in [0.4, 0.5) is 5.82 Å². The number of rotatable bonds is 4. The molecular formula is C19H23N5O2S. The number of nitrogens with zero attached hydrogens (tertiary/aromatic N) is 4. The fourth-order valence-corrected chi connectivity index (χ4v) is 4.91. The topological polar surface area (TPSA) is 81.9 Å². The molecule has 2 aromatic heterocycles. The van der Waals surface area contributed by atoms with E-state index in [9.17, 15) is 4.79 Å². The Labute approximate surface area is 161 Å². The molecule has 0 amide bonds. The van der Waals surface area contributed by atoms with Gasteiger partial charge in [0, 0.05) is 35.9 Å². The van der Waals surface area contributed by atoms with E-state index in [1.165, 1.54) is 19.3 Å². The summed E-state index contributed by atoms with van der Waals surface area (Å²) >= 11 is 1.86. The Bertz CT molecular complexity index is 898. The SMILES string of the molecule is O=c1cc2c(nn1C1COCC1Nc1cc(C3CCC3)ncn1)CCSC2. The summed E-state index contributed by atoms with van der Waals surface area (Å²) in [5.41, 5.74) is 3.19. The molecule has 3 aliphatic rings. The van der Waals surface area contributed by atoms with Crippen LogP contribution in [0.3, 0.4) is 0 Å². The van der Waals surface area contributed by atoms with Gasteiger partial charge in [-0.1, -0.05) is 6.42 Å². The maximum absolute atomic E-state index is 12.6. The standard InChI is InChI=1S/C19H23N5O2S/c25-19-6-13-10-27-5-4-14(13)23-24(19)17-9-26-8-16(17)22-18-7-15(20-11-21-18)12-2-1-3-12/h6-7,11-12,16-17H,1-5,8-10H2,(H,20,21,22). The zero-order valence-corrected chi connectivity index (χ0v) is 16.0. The van der Waals surface area contributed by atoms with E-state index < -0.39 is 0 Å². The normalized spacial score (nSPS) is 25.0. The van der Waals surface area contributed by atoms with Crippen LogP contribution in [0.25, 0.3) is 0 Å². The molecule has 2 fully saturated rings. The quantitative estimate of drug-likeness (QED) is 0.863. The molecule has 7 nitrogen and oxygen atoms in total. The Morgan fingerprint density at radius 1 is 1.22 bits per heavy atom. The lowest BCUT2D eigenvalue weighted by Crippen LogP contribution is -2.38. The molecule has 5 rings (SSSR count). The van der Waals surface area contributed by atoms with Gasteiger partial charge in [0.1, 0.15) is 18.2 Å². The molecule has 0 aromatic carbocycles. The van der Waals surface area contributed by atoms with Crippen molar-refractivity contribution in [2.75, 3.05) is 24.3 Å². The molecule has 27 heavy (non-hydrogen) atoms. The number of fused-ring (bicyclic) bond motifs is 1. The van der Waals surface area contributed by atoms with Crippen molar-refractivity contribution in [1.82, 2.24) is 19.7 Å². The lowest BCUT2D eigenvalue weighted by molar-refractivity contribution is 0.182. The van der Waals surface area contributed by atoms with Gasteiger partial charge in [0.25, 0.3) is 5.56 Å². The number of aromatic nitrogens is 4. The van der Waals surface area contributed by atoms with Crippen LogP contribution >= 0.6 is 11.8 Å². The van der Waals surface area contributed by atoms with Crippen LogP contribution in [0.1, 0.15) is 48.2 Å². The first-order valence-corrected chi connectivity index (χ1v) is 10.8. The summed E-state index contributed by atoms with van der Waals surface area (Å²) in [5.74, 6) is 3.31. The average Bonchev–Trinajstić information content (AvgIpc) is 3.08. The largest absolute Gasteiger partial charge is 0.377 e. The van der Waals surface area contributed by atoms with Crippen LogP contribution in [0.5, 0.6) is 0 Å². The molecule has 1 saturated heterocycles. The van der Waals surface area contributed by atoms with E-state index in [2.05, 4.69) is 15.3 Å². The first kappa shape index (κ1) is 17.2. The first-order chi connectivity index (χ1) is 13.3. The summed E-state index contributed by atoms with van der Waals surface area (Å²) in [7, 11) is 0. The van der Waals surface area contributed by atoms with Crippen molar-refractivity contribution in [1.29, 1.82) is 0 Å². The van der Waals surface area contributed by atoms with E-state index in [0.29, 0.717) is 19.1 Å². The van der Waals surface area contributed by atoms with Gasteiger partial charge in [0.15, 0.2) is 0 Å². The third-order valence-electron chi connectivity index (χ3n) is 5.77. The van der Waals surface area contributed by atoms with Crippen LogP contribution < -0.4 is 10.9 Å². The van der Waals surface area contributed by atoms with E-state index in [0.717, 1.165) is 40.7 Å². The number of ether oxygens (including phenoxy) is 1. The van der Waals surface area contributed by atoms with Crippen LogP contribution in [0.2, 0.25) is 0 Å². The molecule has 4 heterocycles. The van der Waals surface area contributed by atoms with Gasteiger partial charge >= 0.3 is 0 Å². The van der Waals surface area contributed by atoms with Crippen LogP contribution in [-0.2, 0) is 16.9 Å².